The van der Waals surface area contributed by atoms with Crippen molar-refractivity contribution in [2.24, 2.45) is 0 Å². The predicted molar refractivity (Wildman–Crippen MR) is 92.8 cm³/mol. The molecule has 1 fully saturated rings. The standard InChI is InChI=1S/C19H25N3O2/c1-14(2)21(3)17-6-10-22(19(23)16-7-11-24-13-16)18(17)12-15-4-8-20-9-5-15/h4-5,7-9,11,13-14,17-18H,6,10,12H2,1-3H3/t17-,18+/m1/s1. The van der Waals surface area contributed by atoms with E-state index in [1.165, 1.54) is 11.8 Å². The number of carbonyl (C=O) groups excluding carboxylic acids is 1. The fourth-order valence-electron chi connectivity index (χ4n) is 3.51. The first-order valence-corrected chi connectivity index (χ1v) is 8.52. The summed E-state index contributed by atoms with van der Waals surface area (Å²) >= 11 is 0. The number of aromatic nitrogens is 1. The number of amides is 1. The van der Waals surface area contributed by atoms with E-state index < -0.39 is 0 Å². The zero-order valence-corrected chi connectivity index (χ0v) is 14.6. The lowest BCUT2D eigenvalue weighted by Gasteiger charge is -2.35. The van der Waals surface area contributed by atoms with Crippen LogP contribution in [0.15, 0.2) is 47.5 Å². The van der Waals surface area contributed by atoms with Gasteiger partial charge in [0.1, 0.15) is 6.26 Å². The average Bonchev–Trinajstić information content (AvgIpc) is 3.24. The lowest BCUT2D eigenvalue weighted by Crippen LogP contribution is -2.48. The van der Waals surface area contributed by atoms with Crippen LogP contribution in [-0.4, -0.2) is 52.4 Å². The monoisotopic (exact) mass is 327 g/mol. The third kappa shape index (κ3) is 3.36. The van der Waals surface area contributed by atoms with Crippen molar-refractivity contribution in [1.29, 1.82) is 0 Å². The van der Waals surface area contributed by atoms with Gasteiger partial charge in [0, 0.05) is 31.0 Å². The van der Waals surface area contributed by atoms with Gasteiger partial charge < -0.3 is 9.32 Å². The summed E-state index contributed by atoms with van der Waals surface area (Å²) in [5, 5.41) is 0. The summed E-state index contributed by atoms with van der Waals surface area (Å²) in [5.41, 5.74) is 1.84. The van der Waals surface area contributed by atoms with Crippen LogP contribution in [0, 0.1) is 0 Å². The number of rotatable bonds is 5. The highest BCUT2D eigenvalue weighted by atomic mass is 16.3. The minimum atomic E-state index is 0.0578. The number of nitrogens with zero attached hydrogens (tertiary/aromatic N) is 3. The number of hydrogen-bond acceptors (Lipinski definition) is 4. The minimum absolute atomic E-state index is 0.0578. The van der Waals surface area contributed by atoms with Crippen molar-refractivity contribution >= 4 is 5.91 Å². The van der Waals surface area contributed by atoms with Crippen molar-refractivity contribution in [3.63, 3.8) is 0 Å². The van der Waals surface area contributed by atoms with Crippen LogP contribution in [0.2, 0.25) is 0 Å². The molecule has 24 heavy (non-hydrogen) atoms. The molecule has 0 spiro atoms. The van der Waals surface area contributed by atoms with Crippen molar-refractivity contribution in [1.82, 2.24) is 14.8 Å². The van der Waals surface area contributed by atoms with Gasteiger partial charge in [0.25, 0.3) is 5.91 Å². The van der Waals surface area contributed by atoms with Crippen LogP contribution in [0.3, 0.4) is 0 Å². The number of carbonyl (C=O) groups is 1. The van der Waals surface area contributed by atoms with Crippen molar-refractivity contribution in [2.45, 2.75) is 44.8 Å². The summed E-state index contributed by atoms with van der Waals surface area (Å²) in [5.74, 6) is 0.0578. The molecule has 1 amide bonds. The van der Waals surface area contributed by atoms with Gasteiger partial charge in [0.15, 0.2) is 0 Å². The number of likely N-dealkylation sites (N-methyl/N-ethyl adjacent to an activating group) is 1. The summed E-state index contributed by atoms with van der Waals surface area (Å²) < 4.78 is 5.10. The molecule has 0 aromatic carbocycles. The van der Waals surface area contributed by atoms with E-state index in [-0.39, 0.29) is 11.9 Å². The Labute approximate surface area is 143 Å². The van der Waals surface area contributed by atoms with Crippen LogP contribution in [0.25, 0.3) is 0 Å². The van der Waals surface area contributed by atoms with Gasteiger partial charge in [0.05, 0.1) is 17.9 Å². The largest absolute Gasteiger partial charge is 0.472 e. The number of hydrogen-bond donors (Lipinski definition) is 0. The summed E-state index contributed by atoms with van der Waals surface area (Å²) in [6.45, 7) is 5.18. The van der Waals surface area contributed by atoms with Gasteiger partial charge in [-0.2, -0.15) is 0 Å². The minimum Gasteiger partial charge on any atom is -0.472 e. The molecule has 3 rings (SSSR count). The van der Waals surface area contributed by atoms with Gasteiger partial charge >= 0.3 is 0 Å². The third-order valence-electron chi connectivity index (χ3n) is 5.07. The van der Waals surface area contributed by atoms with Gasteiger partial charge in [-0.15, -0.1) is 0 Å². The highest BCUT2D eigenvalue weighted by Crippen LogP contribution is 2.28. The molecule has 5 nitrogen and oxygen atoms in total. The smallest absolute Gasteiger partial charge is 0.257 e. The van der Waals surface area contributed by atoms with Crippen LogP contribution >= 0.6 is 0 Å². The molecule has 1 saturated heterocycles. The van der Waals surface area contributed by atoms with E-state index in [9.17, 15) is 4.79 Å². The number of furan rings is 1. The Morgan fingerprint density at radius 2 is 2.12 bits per heavy atom. The second-order valence-electron chi connectivity index (χ2n) is 6.75. The Balaban J connectivity index is 1.86. The quantitative estimate of drug-likeness (QED) is 0.847. The van der Waals surface area contributed by atoms with E-state index in [0.29, 0.717) is 17.6 Å². The van der Waals surface area contributed by atoms with E-state index in [1.54, 1.807) is 12.3 Å². The predicted octanol–water partition coefficient (Wildman–Crippen LogP) is 2.84. The van der Waals surface area contributed by atoms with Crippen molar-refractivity contribution in [3.05, 3.63) is 54.2 Å². The first-order valence-electron chi connectivity index (χ1n) is 8.52. The SMILES string of the molecule is CC(C)N(C)[C@@H]1CCN(C(=O)c2ccoc2)[C@H]1Cc1ccncc1. The maximum atomic E-state index is 12.9. The summed E-state index contributed by atoms with van der Waals surface area (Å²) in [6, 6.07) is 6.76. The van der Waals surface area contributed by atoms with Crippen molar-refractivity contribution in [2.75, 3.05) is 13.6 Å². The Morgan fingerprint density at radius 1 is 1.38 bits per heavy atom. The van der Waals surface area contributed by atoms with Crippen molar-refractivity contribution in [3.8, 4) is 0 Å². The van der Waals surface area contributed by atoms with Gasteiger partial charge in [0.2, 0.25) is 0 Å². The Morgan fingerprint density at radius 3 is 2.75 bits per heavy atom. The van der Waals surface area contributed by atoms with E-state index in [0.717, 1.165) is 19.4 Å². The number of likely N-dealkylation sites (tertiary alicyclic amines) is 1. The average molecular weight is 327 g/mol. The molecule has 128 valence electrons. The molecule has 2 aromatic rings. The Kier molecular flexibility index (Phi) is 5.00. The molecule has 2 aromatic heterocycles. The first-order chi connectivity index (χ1) is 11.6. The highest BCUT2D eigenvalue weighted by molar-refractivity contribution is 5.94. The normalized spacial score (nSPS) is 21.0. The summed E-state index contributed by atoms with van der Waals surface area (Å²) in [4.78, 5) is 21.4. The van der Waals surface area contributed by atoms with Crippen LogP contribution in [0.1, 0.15) is 36.2 Å². The zero-order valence-electron chi connectivity index (χ0n) is 14.6. The Bertz CT molecular complexity index is 655. The molecule has 1 aliphatic rings. The second-order valence-corrected chi connectivity index (χ2v) is 6.75. The fourth-order valence-corrected chi connectivity index (χ4v) is 3.51. The van der Waals surface area contributed by atoms with E-state index >= 15 is 0 Å². The van der Waals surface area contributed by atoms with Crippen molar-refractivity contribution < 1.29 is 9.21 Å². The van der Waals surface area contributed by atoms with Crippen LogP contribution < -0.4 is 0 Å². The van der Waals surface area contributed by atoms with Crippen LogP contribution in [0.4, 0.5) is 0 Å². The lowest BCUT2D eigenvalue weighted by atomic mass is 9.98. The molecular formula is C19H25N3O2. The van der Waals surface area contributed by atoms with Gasteiger partial charge in [-0.05, 0) is 57.5 Å². The molecule has 5 heteroatoms. The van der Waals surface area contributed by atoms with E-state index in [1.807, 2.05) is 29.4 Å². The molecule has 1 aliphatic heterocycles. The molecule has 2 atom stereocenters. The molecule has 0 bridgehead atoms. The van der Waals surface area contributed by atoms with E-state index in [4.69, 9.17) is 4.42 Å². The fraction of sp³-hybridized carbons (Fsp3) is 0.474. The first kappa shape index (κ1) is 16.7. The lowest BCUT2D eigenvalue weighted by molar-refractivity contribution is 0.0679. The molecule has 0 radical (unpaired) electrons. The highest BCUT2D eigenvalue weighted by Gasteiger charge is 2.40. The molecule has 0 unspecified atom stereocenters. The maximum Gasteiger partial charge on any atom is 0.257 e. The van der Waals surface area contributed by atoms with Crippen LogP contribution in [0.5, 0.6) is 0 Å². The second kappa shape index (κ2) is 7.18. The van der Waals surface area contributed by atoms with E-state index in [2.05, 4.69) is 30.8 Å². The van der Waals surface area contributed by atoms with Gasteiger partial charge in [-0.1, -0.05) is 0 Å². The topological polar surface area (TPSA) is 49.6 Å². The molecule has 0 aliphatic carbocycles. The van der Waals surface area contributed by atoms with Gasteiger partial charge in [-0.25, -0.2) is 0 Å². The van der Waals surface area contributed by atoms with Gasteiger partial charge in [-0.3, -0.25) is 14.7 Å². The molecule has 0 saturated carbocycles. The maximum absolute atomic E-state index is 12.9. The number of pyridine rings is 1. The molecule has 3 heterocycles. The van der Waals surface area contributed by atoms with Crippen LogP contribution in [-0.2, 0) is 6.42 Å². The summed E-state index contributed by atoms with van der Waals surface area (Å²) in [7, 11) is 2.15. The molecule has 0 N–H and O–H groups in total. The third-order valence-corrected chi connectivity index (χ3v) is 5.07. The molecular weight excluding hydrogens is 302 g/mol. The zero-order chi connectivity index (χ0) is 17.1. The summed E-state index contributed by atoms with van der Waals surface area (Å²) in [6.07, 6.45) is 8.55. The Hall–Kier alpha value is -2.14.